The van der Waals surface area contributed by atoms with Crippen molar-refractivity contribution in [3.05, 3.63) is 0 Å². The van der Waals surface area contributed by atoms with E-state index in [-0.39, 0.29) is 71.5 Å². The second-order valence-corrected chi connectivity index (χ2v) is 5.12. The molecule has 0 aliphatic rings. The van der Waals surface area contributed by atoms with Crippen LogP contribution in [-0.4, -0.2) is 80.5 Å². The average molecular weight is 416 g/mol. The molecule has 0 aromatic carbocycles. The molecule has 0 radical (unpaired) electrons. The van der Waals surface area contributed by atoms with E-state index < -0.39 is 57.6 Å². The van der Waals surface area contributed by atoms with E-state index in [1.54, 1.807) is 0 Å². The summed E-state index contributed by atoms with van der Waals surface area (Å²) < 4.78 is 18.7. The third-order valence-electron chi connectivity index (χ3n) is 2.19. The van der Waals surface area contributed by atoms with Gasteiger partial charge in [-0.05, 0) is 0 Å². The fourth-order valence-corrected chi connectivity index (χ4v) is 1.84. The average Bonchev–Trinajstić information content (AvgIpc) is 2.42. The topological polar surface area (TPSA) is 223 Å². The maximum atomic E-state index is 11.1. The van der Waals surface area contributed by atoms with E-state index in [0.29, 0.717) is 0 Å². The molecular weight excluding hydrogens is 398 g/mol. The minimum atomic E-state index is -5.37. The molecule has 134 valence electrons. The number of phosphoric acid groups is 1. The summed E-state index contributed by atoms with van der Waals surface area (Å²) in [6, 6.07) is 0. The van der Waals surface area contributed by atoms with Crippen LogP contribution in [0.15, 0.2) is 0 Å². The summed E-state index contributed by atoms with van der Waals surface area (Å²) in [5, 5.41) is 54.7. The van der Waals surface area contributed by atoms with Gasteiger partial charge < -0.3 is 58.2 Å². The largest absolute Gasteiger partial charge is 1.00 e. The number of rotatable bonds is 9. The van der Waals surface area contributed by atoms with Crippen molar-refractivity contribution in [3.8, 4) is 0 Å². The fourth-order valence-electron chi connectivity index (χ4n) is 1.08. The quantitative estimate of drug-likeness (QED) is 0.106. The van der Waals surface area contributed by atoms with Crippen LogP contribution in [0, 0.1) is 0 Å². The van der Waals surface area contributed by atoms with Crippen molar-refractivity contribution < 1.29 is 125 Å². The Morgan fingerprint density at radius 2 is 1.54 bits per heavy atom. The smallest absolute Gasteiger partial charge is 1.00 e. The van der Waals surface area contributed by atoms with Gasteiger partial charge in [-0.1, -0.05) is 0 Å². The van der Waals surface area contributed by atoms with Crippen LogP contribution >= 0.6 is 7.82 Å². The second-order valence-electron chi connectivity index (χ2n) is 3.83. The number of aliphatic hydroxyl groups excluding tert-OH is 6. The van der Waals surface area contributed by atoms with Gasteiger partial charge in [0.2, 0.25) is 0 Å². The predicted octanol–water partition coefficient (Wildman–Crippen LogP) is -14.3. The van der Waals surface area contributed by atoms with E-state index in [1.165, 1.54) is 0 Å². The Morgan fingerprint density at radius 3 is 1.92 bits per heavy atom. The van der Waals surface area contributed by atoms with Crippen LogP contribution in [0.25, 0.3) is 0 Å². The Kier molecular flexibility index (Phi) is 21.7. The molecule has 0 heterocycles. The molecule has 0 fully saturated rings. The Balaban J connectivity index is -0.000000667. The van der Waals surface area contributed by atoms with Crippen LogP contribution in [0.1, 0.15) is 0 Å². The van der Waals surface area contributed by atoms with Crippen molar-refractivity contribution in [1.29, 1.82) is 0 Å². The Bertz CT molecular complexity index is 395. The van der Waals surface area contributed by atoms with E-state index >= 15 is 0 Å². The summed E-state index contributed by atoms with van der Waals surface area (Å²) >= 11 is 0. The third-order valence-corrected chi connectivity index (χ3v) is 3.09. The van der Waals surface area contributed by atoms with Crippen molar-refractivity contribution in [2.45, 2.75) is 30.7 Å². The molecule has 0 aromatic heterocycles. The summed E-state index contributed by atoms with van der Waals surface area (Å²) in [4.78, 5) is 21.8. The maximum absolute atomic E-state index is 11.1. The number of aliphatic hydroxyl groups is 6. The summed E-state index contributed by atoms with van der Waals surface area (Å²) in [6.07, 6.45) is -11.3. The first-order valence-electron chi connectivity index (χ1n) is 5.48. The Hall–Kier alpha value is 1.63. The molecule has 8 N–H and O–H groups in total. The van der Waals surface area contributed by atoms with Crippen LogP contribution in [0.4, 0.5) is 0 Å². The molecule has 24 heavy (non-hydrogen) atoms. The van der Waals surface area contributed by atoms with Crippen LogP contribution in [-0.2, 0) is 18.4 Å². The van der Waals surface area contributed by atoms with Gasteiger partial charge in [0, 0.05) is 0 Å². The van der Waals surface area contributed by atoms with Crippen molar-refractivity contribution in [2.75, 3.05) is 13.2 Å². The van der Waals surface area contributed by atoms with Gasteiger partial charge in [-0.15, -0.1) is 0 Å². The van der Waals surface area contributed by atoms with Gasteiger partial charge in [0.25, 0.3) is 0 Å². The van der Waals surface area contributed by atoms with E-state index in [0.717, 1.165) is 0 Å². The number of carbonyl (C=O) groups excluding carboxylic acids is 1. The number of halogens is 1. The fraction of sp³-hybridized carbons (Fsp3) is 0.875. The molecule has 0 bridgehead atoms. The molecule has 0 aliphatic heterocycles. The summed E-state index contributed by atoms with van der Waals surface area (Å²) in [6.45, 7) is -1.77. The Morgan fingerprint density at radius 1 is 1.08 bits per heavy atom. The van der Waals surface area contributed by atoms with Gasteiger partial charge >= 0.3 is 72.9 Å². The van der Waals surface area contributed by atoms with E-state index in [4.69, 9.17) is 15.9 Å². The Labute approximate surface area is 187 Å². The number of hydrogen-bond donors (Lipinski definition) is 7. The molecule has 0 saturated heterocycles. The molecular formula is C8H17ClNNa2O11P. The zero-order valence-corrected chi connectivity index (χ0v) is 18.6. The van der Waals surface area contributed by atoms with E-state index in [1.807, 2.05) is 0 Å². The normalized spacial score (nSPS) is 19.0. The van der Waals surface area contributed by atoms with Crippen molar-refractivity contribution >= 4 is 13.8 Å². The van der Waals surface area contributed by atoms with Crippen molar-refractivity contribution in [1.82, 2.24) is 0 Å². The van der Waals surface area contributed by atoms with Gasteiger partial charge in [-0.2, -0.15) is 0 Å². The first kappa shape index (κ1) is 33.2. The zero-order valence-electron chi connectivity index (χ0n) is 12.9. The second kappa shape index (κ2) is 15.7. The minimum absolute atomic E-state index is 0. The molecule has 0 spiro atoms. The molecule has 16 heteroatoms. The molecule has 0 rings (SSSR count). The number of phosphoric ester groups is 1. The van der Waals surface area contributed by atoms with E-state index in [9.17, 15) is 34.7 Å². The van der Waals surface area contributed by atoms with Crippen molar-refractivity contribution in [3.63, 3.8) is 0 Å². The molecule has 6 atom stereocenters. The molecule has 0 aromatic rings. The maximum Gasteiger partial charge on any atom is 1.00 e. The molecule has 0 saturated carbocycles. The molecule has 0 amide bonds. The first-order valence-corrected chi connectivity index (χ1v) is 6.95. The summed E-state index contributed by atoms with van der Waals surface area (Å²) in [7, 11) is -5.37. The number of carbonyl (C=O) groups is 1. The van der Waals surface area contributed by atoms with Crippen LogP contribution in [0.5, 0.6) is 0 Å². The minimum Gasteiger partial charge on any atom is -1.00 e. The van der Waals surface area contributed by atoms with Crippen molar-refractivity contribution in [2.24, 2.45) is 5.73 Å². The van der Waals surface area contributed by atoms with Gasteiger partial charge in [0.1, 0.15) is 24.4 Å². The van der Waals surface area contributed by atoms with E-state index in [2.05, 4.69) is 9.05 Å². The monoisotopic (exact) mass is 415 g/mol. The predicted molar refractivity (Wildman–Crippen MR) is 61.0 cm³/mol. The first-order chi connectivity index (χ1) is 9.55. The molecule has 2 unspecified atom stereocenters. The van der Waals surface area contributed by atoms with Crippen LogP contribution in [0.3, 0.4) is 0 Å². The standard InChI is InChI=1S/C8H18NO11P.ClH.2Na/c9-1-4(12)19-21(17,18)20-8(16)7(15)6(14)5(13)3(11)2-10;;;/h3,5-8,10-11,13-16H,1-2,9H2,(H,17,18);1H;;/q;;2*+1/p-2/t3-,5-,6+,7+,8?;;;/m1.../s1. The summed E-state index contributed by atoms with van der Waals surface area (Å²) in [5.74, 6) is -1.40. The zero-order chi connectivity index (χ0) is 16.8. The number of hydrogen-bond acceptors (Lipinski definition) is 12. The SMILES string of the molecule is NCC(=O)OP(=O)([O-])OC(O)[C@@H](O)[C@@H](O)[C@H](O)[C@H](O)CO.[Cl-].[Na+].[Na+]. The number of nitrogens with two attached hydrogens (primary N) is 1. The molecule has 12 nitrogen and oxygen atoms in total. The van der Waals surface area contributed by atoms with Gasteiger partial charge in [-0.3, -0.25) is 13.9 Å². The van der Waals surface area contributed by atoms with Crippen LogP contribution in [0.2, 0.25) is 0 Å². The van der Waals surface area contributed by atoms with Crippen LogP contribution < -0.4 is 82.1 Å². The molecule has 0 aliphatic carbocycles. The van der Waals surface area contributed by atoms with Gasteiger partial charge in [0.05, 0.1) is 13.2 Å². The third kappa shape index (κ3) is 12.1. The van der Waals surface area contributed by atoms with Gasteiger partial charge in [0.15, 0.2) is 6.29 Å². The summed E-state index contributed by atoms with van der Waals surface area (Å²) in [5.41, 5.74) is 4.78. The van der Waals surface area contributed by atoms with Gasteiger partial charge in [-0.25, -0.2) is 0 Å².